The first-order chi connectivity index (χ1) is 35.1. The van der Waals surface area contributed by atoms with Gasteiger partial charge in [0.15, 0.2) is 30.4 Å². The van der Waals surface area contributed by atoms with E-state index in [1.165, 1.54) is 39.8 Å². The zero-order valence-corrected chi connectivity index (χ0v) is 48.3. The maximum atomic E-state index is 15.3. The lowest BCUT2D eigenvalue weighted by Crippen LogP contribution is -2.62. The summed E-state index contributed by atoms with van der Waals surface area (Å²) in [6, 6.07) is 6.83. The van der Waals surface area contributed by atoms with Crippen molar-refractivity contribution in [3.05, 3.63) is 29.8 Å². The molecule has 4 aliphatic heterocycles. The van der Waals surface area contributed by atoms with E-state index in [9.17, 15) is 19.2 Å². The zero-order valence-electron chi connectivity index (χ0n) is 47.5. The summed E-state index contributed by atoms with van der Waals surface area (Å²) in [6.07, 6.45) is -8.20. The van der Waals surface area contributed by atoms with Gasteiger partial charge < -0.3 is 61.9 Å². The fourth-order valence-corrected chi connectivity index (χ4v) is 13.4. The number of likely N-dealkylation sites (N-methyl/N-ethyl adjacent to an activating group) is 2. The largest absolute Gasteiger partial charge is 0.497 e. The van der Waals surface area contributed by atoms with Gasteiger partial charge in [0.2, 0.25) is 5.91 Å². The van der Waals surface area contributed by atoms with Gasteiger partial charge in [-0.15, -0.1) is 11.8 Å². The average Bonchev–Trinajstić information content (AvgIpc) is 3.61. The Bertz CT molecular complexity index is 2150. The van der Waals surface area contributed by atoms with Crippen LogP contribution < -0.4 is 4.74 Å². The highest BCUT2D eigenvalue weighted by Crippen LogP contribution is 2.50. The molecule has 0 radical (unpaired) electrons. The van der Waals surface area contributed by atoms with Gasteiger partial charge in [-0.2, -0.15) is 0 Å². The van der Waals surface area contributed by atoms with Crippen molar-refractivity contribution in [3.8, 4) is 5.75 Å². The molecule has 19 nitrogen and oxygen atoms in total. The van der Waals surface area contributed by atoms with Crippen LogP contribution in [0, 0.1) is 29.6 Å². The fourth-order valence-electron chi connectivity index (χ4n) is 11.9. The van der Waals surface area contributed by atoms with Gasteiger partial charge in [-0.25, -0.2) is 0 Å². The van der Waals surface area contributed by atoms with Crippen LogP contribution in [0.4, 0.5) is 0 Å². The van der Waals surface area contributed by atoms with Gasteiger partial charge in [0.05, 0.1) is 55.6 Å². The summed E-state index contributed by atoms with van der Waals surface area (Å²) in [6.45, 7) is 20.6. The molecule has 0 saturated carbocycles. The highest BCUT2D eigenvalue weighted by atomic mass is 32.2. The molecule has 0 aromatic heterocycles. The molecule has 0 spiro atoms. The van der Waals surface area contributed by atoms with Crippen molar-refractivity contribution in [1.82, 2.24) is 9.80 Å². The van der Waals surface area contributed by atoms with Gasteiger partial charge in [-0.1, -0.05) is 39.8 Å². The molecule has 424 valence electrons. The monoisotopic (exact) mass is 1080 g/mol. The number of fused-ring (bicyclic) bond motifs is 1. The third-order valence-electron chi connectivity index (χ3n) is 16.1. The number of Topliss-reactive ketones (excluding diaryl/α,β-unsaturated/α-hetero) is 1. The topological polar surface area (TPSA) is 210 Å². The Morgan fingerprint density at radius 2 is 1.39 bits per heavy atom. The van der Waals surface area contributed by atoms with Crippen LogP contribution in [0.5, 0.6) is 5.75 Å². The Morgan fingerprint density at radius 3 is 1.95 bits per heavy atom. The molecule has 19 atom stereocenters. The Labute approximate surface area is 448 Å². The van der Waals surface area contributed by atoms with Crippen LogP contribution >= 0.6 is 11.8 Å². The predicted octanol–water partition coefficient (Wildman–Crippen LogP) is 6.17. The number of carbonyl (C=O) groups excluding carboxylic acids is 6. The van der Waals surface area contributed by atoms with Crippen molar-refractivity contribution in [2.75, 3.05) is 49.0 Å². The van der Waals surface area contributed by atoms with E-state index in [4.69, 9.17) is 52.1 Å². The predicted molar refractivity (Wildman–Crippen MR) is 277 cm³/mol. The zero-order chi connectivity index (χ0) is 56.1. The number of methoxy groups -OCH3 is 3. The highest BCUT2D eigenvalue weighted by molar-refractivity contribution is 7.99. The second kappa shape index (κ2) is 25.7. The van der Waals surface area contributed by atoms with Gasteiger partial charge in [0, 0.05) is 71.0 Å². The minimum atomic E-state index is -1.44. The van der Waals surface area contributed by atoms with Crippen LogP contribution in [-0.2, 0) is 81.9 Å². The lowest BCUT2D eigenvalue weighted by molar-refractivity contribution is -0.320. The highest BCUT2D eigenvalue weighted by Gasteiger charge is 2.62. The Balaban J connectivity index is 1.68. The number of rotatable bonds is 16. The van der Waals surface area contributed by atoms with Crippen LogP contribution in [0.15, 0.2) is 24.3 Å². The summed E-state index contributed by atoms with van der Waals surface area (Å²) in [5.74, 6) is -5.91. The molecule has 1 aromatic rings. The van der Waals surface area contributed by atoms with E-state index in [0.29, 0.717) is 17.9 Å². The van der Waals surface area contributed by atoms with Gasteiger partial charge in [0.1, 0.15) is 28.5 Å². The molecule has 5 rings (SSSR count). The van der Waals surface area contributed by atoms with Crippen LogP contribution in [-0.4, -0.2) is 178 Å². The van der Waals surface area contributed by atoms with Gasteiger partial charge in [-0.05, 0) is 92.6 Å². The molecule has 1 aromatic carbocycles. The molecule has 20 heteroatoms. The normalized spacial score (nSPS) is 38.9. The van der Waals surface area contributed by atoms with Crippen LogP contribution in [0.3, 0.4) is 0 Å². The molecular weight excluding hydrogens is 993 g/mol. The minimum absolute atomic E-state index is 0.0558. The molecule has 0 aliphatic carbocycles. The molecule has 1 amide bonds. The Morgan fingerprint density at radius 1 is 0.773 bits per heavy atom. The number of nitrogens with zero attached hydrogens (tertiary/aromatic N) is 2. The smallest absolute Gasteiger partial charge is 0.320 e. The molecule has 1 unspecified atom stereocenters. The number of esters is 4. The molecule has 4 fully saturated rings. The van der Waals surface area contributed by atoms with Crippen molar-refractivity contribution < 1.29 is 80.9 Å². The van der Waals surface area contributed by atoms with E-state index in [0.717, 1.165) is 5.56 Å². The summed E-state index contributed by atoms with van der Waals surface area (Å²) < 4.78 is 70.0. The molecule has 4 saturated heterocycles. The number of ether oxygens (including phenoxy) is 11. The Hall–Kier alpha value is -3.89. The quantitative estimate of drug-likeness (QED) is 0.134. The maximum absolute atomic E-state index is 15.3. The van der Waals surface area contributed by atoms with Crippen molar-refractivity contribution >= 4 is 47.3 Å². The SMILES string of the molecule is CC[C@H]1OC(=O)[C@H](C)[C@@H](O[C@H]2C[C@@](C)(OC)[C@@H](OC(C)=O)[C@H](C)O2)[C@H](C)[C@@H](O[C@@H]2O[C@H](C)C[C@H](N(C)C(=O)CN(C)C)[C@H]2OC(C)=O)[C@](C)(OC)C[C@@H](C)C(=O)[C@H](C)[C@H]2C(SCc3ccc(OC)cc3)C(=O)O[C@@]21C. The number of ketones is 1. The van der Waals surface area contributed by atoms with E-state index in [2.05, 4.69) is 0 Å². The first kappa shape index (κ1) is 62.0. The van der Waals surface area contributed by atoms with E-state index in [1.807, 2.05) is 58.9 Å². The van der Waals surface area contributed by atoms with Crippen LogP contribution in [0.2, 0.25) is 0 Å². The lowest BCUT2D eigenvalue weighted by atomic mass is 9.70. The molecule has 75 heavy (non-hydrogen) atoms. The third-order valence-corrected chi connectivity index (χ3v) is 17.4. The number of carbonyl (C=O) groups is 6. The van der Waals surface area contributed by atoms with E-state index in [-0.39, 0.29) is 37.5 Å². The maximum Gasteiger partial charge on any atom is 0.320 e. The van der Waals surface area contributed by atoms with Crippen LogP contribution in [0.1, 0.15) is 114 Å². The van der Waals surface area contributed by atoms with Crippen molar-refractivity contribution in [2.45, 2.75) is 198 Å². The molecular formula is C55H86N2O17S. The molecule has 4 aliphatic rings. The average molecular weight is 1080 g/mol. The van der Waals surface area contributed by atoms with Gasteiger partial charge in [-0.3, -0.25) is 28.8 Å². The number of amides is 1. The standard InChI is InChI=1S/C55H86N2O17S/c1-19-40-55(12)43(47(51(63)74-55)75-28-37-20-22-38(64-16)23-21-37)31(4)44(61)29(2)25-53(10,65-17)48(73-52-46(69-35(8)58)39(24-30(3)67-52)57(15)41(60)27-56(13)14)32(5)45(33(6)50(62)71-40)72-42-26-54(11,66-18)49(34(7)68-42)70-36(9)59/h20-23,29-34,39-40,42-43,45-49,52H,19,24-28H2,1-18H3/t29-,30-,31-,32+,33-,34+,39+,40-,42+,43+,45+,46-,47?,48-,49+,52+,53-,54-,55-/m1/s1. The minimum Gasteiger partial charge on any atom is -0.497 e. The van der Waals surface area contributed by atoms with Crippen molar-refractivity contribution in [2.24, 2.45) is 29.6 Å². The van der Waals surface area contributed by atoms with Crippen LogP contribution in [0.25, 0.3) is 0 Å². The fraction of sp³-hybridized carbons (Fsp3) is 0.782. The first-order valence-corrected chi connectivity index (χ1v) is 27.3. The van der Waals surface area contributed by atoms with Gasteiger partial charge >= 0.3 is 23.9 Å². The summed E-state index contributed by atoms with van der Waals surface area (Å²) in [7, 11) is 9.83. The summed E-state index contributed by atoms with van der Waals surface area (Å²) in [4.78, 5) is 87.1. The summed E-state index contributed by atoms with van der Waals surface area (Å²) >= 11 is 1.37. The number of benzene rings is 1. The van der Waals surface area contributed by atoms with E-state index < -0.39 is 137 Å². The van der Waals surface area contributed by atoms with Crippen molar-refractivity contribution in [1.29, 1.82) is 0 Å². The number of hydrogen-bond acceptors (Lipinski definition) is 19. The molecule has 4 heterocycles. The first-order valence-electron chi connectivity index (χ1n) is 26.3. The summed E-state index contributed by atoms with van der Waals surface area (Å²) in [5.41, 5.74) is -3.02. The van der Waals surface area contributed by atoms with E-state index in [1.54, 1.807) is 72.7 Å². The lowest BCUT2D eigenvalue weighted by Gasteiger charge is -2.50. The van der Waals surface area contributed by atoms with Gasteiger partial charge in [0.25, 0.3) is 0 Å². The van der Waals surface area contributed by atoms with Crippen molar-refractivity contribution in [3.63, 3.8) is 0 Å². The van der Waals surface area contributed by atoms with E-state index >= 15 is 9.59 Å². The number of cyclic esters (lactones) is 1. The Kier molecular flexibility index (Phi) is 21.2. The second-order valence-electron chi connectivity index (χ2n) is 22.1. The molecule has 0 N–H and O–H groups in total. The number of thioether (sulfide) groups is 1. The second-order valence-corrected chi connectivity index (χ2v) is 23.2. The molecule has 0 bridgehead atoms. The summed E-state index contributed by atoms with van der Waals surface area (Å²) in [5, 5.41) is -0.821. The third kappa shape index (κ3) is 14.1. The number of hydrogen-bond donors (Lipinski definition) is 0.